The third kappa shape index (κ3) is 4.50. The first-order valence-corrected chi connectivity index (χ1v) is 10.9. The third-order valence-corrected chi connectivity index (χ3v) is 5.88. The molecule has 0 aliphatic carbocycles. The summed E-state index contributed by atoms with van der Waals surface area (Å²) in [6.07, 6.45) is 1.78. The van der Waals surface area contributed by atoms with Crippen LogP contribution in [0.4, 0.5) is 0 Å². The Labute approximate surface area is 197 Å². The highest BCUT2D eigenvalue weighted by atomic mass is 35.5. The van der Waals surface area contributed by atoms with Gasteiger partial charge in [-0.1, -0.05) is 11.6 Å². The summed E-state index contributed by atoms with van der Waals surface area (Å²) in [4.78, 5) is 18.1. The van der Waals surface area contributed by atoms with E-state index >= 15 is 0 Å². The second-order valence-corrected chi connectivity index (χ2v) is 7.97. The second-order valence-electron chi connectivity index (χ2n) is 7.54. The highest BCUT2D eigenvalue weighted by molar-refractivity contribution is 6.31. The molecule has 33 heavy (non-hydrogen) atoms. The molecule has 0 atom stereocenters. The van der Waals surface area contributed by atoms with Gasteiger partial charge in [-0.25, -0.2) is 4.98 Å². The van der Waals surface area contributed by atoms with Crippen molar-refractivity contribution in [1.82, 2.24) is 20.1 Å². The first kappa shape index (κ1) is 22.6. The Bertz CT molecular complexity index is 1330. The number of ether oxygens (including phenoxy) is 2. The Morgan fingerprint density at radius 1 is 1.12 bits per heavy atom. The van der Waals surface area contributed by atoms with Crippen molar-refractivity contribution >= 4 is 28.4 Å². The van der Waals surface area contributed by atoms with Crippen LogP contribution in [-0.2, 0) is 13.1 Å². The quantitative estimate of drug-likeness (QED) is 0.415. The van der Waals surface area contributed by atoms with Gasteiger partial charge in [0.15, 0.2) is 0 Å². The van der Waals surface area contributed by atoms with Gasteiger partial charge >= 0.3 is 0 Å². The number of benzene rings is 2. The lowest BCUT2D eigenvalue weighted by Crippen LogP contribution is -2.23. The number of hydrogen-bond acceptors (Lipinski definition) is 5. The van der Waals surface area contributed by atoms with E-state index in [1.165, 1.54) is 0 Å². The molecule has 7 nitrogen and oxygen atoms in total. The van der Waals surface area contributed by atoms with Crippen LogP contribution in [0.3, 0.4) is 0 Å². The van der Waals surface area contributed by atoms with E-state index in [2.05, 4.69) is 10.4 Å². The number of carbonyl (C=O) groups excluding carboxylic acids is 1. The molecule has 0 unspecified atom stereocenters. The number of nitrogens with zero attached hydrogens (tertiary/aromatic N) is 3. The fourth-order valence-corrected chi connectivity index (χ4v) is 3.96. The first-order chi connectivity index (χ1) is 15.9. The highest BCUT2D eigenvalue weighted by Crippen LogP contribution is 2.35. The number of pyridine rings is 1. The van der Waals surface area contributed by atoms with Crippen molar-refractivity contribution in [3.8, 4) is 22.8 Å². The standard InChI is InChI=1S/C25H25ClN4O3/c1-5-30-15(2)16(14-28-30)13-27-25(31)20-12-23(29-22-8-6-17(26)10-19(20)22)21-11-18(32-3)7-9-24(21)33-4/h6-12,14H,5,13H2,1-4H3,(H,27,31). The topological polar surface area (TPSA) is 78.3 Å². The van der Waals surface area contributed by atoms with E-state index in [0.29, 0.717) is 45.2 Å². The molecule has 1 amide bonds. The van der Waals surface area contributed by atoms with Crippen LogP contribution in [0.1, 0.15) is 28.5 Å². The van der Waals surface area contributed by atoms with Crippen LogP contribution in [0.5, 0.6) is 11.5 Å². The minimum absolute atomic E-state index is 0.226. The maximum atomic E-state index is 13.3. The molecule has 0 spiro atoms. The molecule has 170 valence electrons. The van der Waals surface area contributed by atoms with Crippen LogP contribution in [-0.4, -0.2) is 34.9 Å². The summed E-state index contributed by atoms with van der Waals surface area (Å²) in [5.41, 5.74) is 4.45. The Hall–Kier alpha value is -3.58. The van der Waals surface area contributed by atoms with Crippen LogP contribution < -0.4 is 14.8 Å². The minimum atomic E-state index is -0.226. The molecule has 0 saturated heterocycles. The van der Waals surface area contributed by atoms with E-state index in [1.54, 1.807) is 44.7 Å². The number of amides is 1. The molecule has 2 aromatic carbocycles. The van der Waals surface area contributed by atoms with Gasteiger partial charge in [0.2, 0.25) is 0 Å². The lowest BCUT2D eigenvalue weighted by atomic mass is 10.0. The second kappa shape index (κ2) is 9.50. The Morgan fingerprint density at radius 2 is 1.94 bits per heavy atom. The smallest absolute Gasteiger partial charge is 0.252 e. The average molecular weight is 465 g/mol. The van der Waals surface area contributed by atoms with Gasteiger partial charge in [0.1, 0.15) is 11.5 Å². The molecule has 2 heterocycles. The Kier molecular flexibility index (Phi) is 6.51. The SMILES string of the molecule is CCn1ncc(CNC(=O)c2cc(-c3cc(OC)ccc3OC)nc3ccc(Cl)cc23)c1C. The number of fused-ring (bicyclic) bond motifs is 1. The summed E-state index contributed by atoms with van der Waals surface area (Å²) < 4.78 is 12.8. The zero-order chi connectivity index (χ0) is 23.5. The zero-order valence-corrected chi connectivity index (χ0v) is 19.7. The monoisotopic (exact) mass is 464 g/mol. The maximum Gasteiger partial charge on any atom is 0.252 e. The number of carbonyl (C=O) groups is 1. The van der Waals surface area contributed by atoms with Gasteiger partial charge in [0.25, 0.3) is 5.91 Å². The summed E-state index contributed by atoms with van der Waals surface area (Å²) in [7, 11) is 3.20. The van der Waals surface area contributed by atoms with E-state index in [-0.39, 0.29) is 5.91 Å². The summed E-state index contributed by atoms with van der Waals surface area (Å²) in [5.74, 6) is 1.07. The van der Waals surface area contributed by atoms with Gasteiger partial charge in [-0.15, -0.1) is 0 Å². The zero-order valence-electron chi connectivity index (χ0n) is 19.0. The van der Waals surface area contributed by atoms with Crippen molar-refractivity contribution in [3.63, 3.8) is 0 Å². The van der Waals surface area contributed by atoms with Gasteiger partial charge in [-0.05, 0) is 56.3 Å². The van der Waals surface area contributed by atoms with Crippen LogP contribution >= 0.6 is 11.6 Å². The molecule has 1 N–H and O–H groups in total. The molecule has 4 rings (SSSR count). The van der Waals surface area contributed by atoms with Gasteiger partial charge in [-0.3, -0.25) is 9.48 Å². The molecule has 0 radical (unpaired) electrons. The average Bonchev–Trinajstić information content (AvgIpc) is 3.20. The number of aryl methyl sites for hydroxylation is 1. The van der Waals surface area contributed by atoms with Crippen molar-refractivity contribution in [2.75, 3.05) is 14.2 Å². The third-order valence-electron chi connectivity index (χ3n) is 5.64. The predicted molar refractivity (Wildman–Crippen MR) is 129 cm³/mol. The van der Waals surface area contributed by atoms with E-state index in [0.717, 1.165) is 23.4 Å². The fourth-order valence-electron chi connectivity index (χ4n) is 3.79. The predicted octanol–water partition coefficient (Wildman–Crippen LogP) is 5.03. The van der Waals surface area contributed by atoms with E-state index in [4.69, 9.17) is 26.1 Å². The normalized spacial score (nSPS) is 10.9. The summed E-state index contributed by atoms with van der Waals surface area (Å²) in [5, 5.41) is 8.57. The van der Waals surface area contributed by atoms with Gasteiger partial charge in [0.05, 0.1) is 37.2 Å². The molecule has 8 heteroatoms. The van der Waals surface area contributed by atoms with E-state index in [9.17, 15) is 4.79 Å². The largest absolute Gasteiger partial charge is 0.497 e. The minimum Gasteiger partial charge on any atom is -0.497 e. The molecule has 0 fully saturated rings. The number of rotatable bonds is 7. The molecular formula is C25H25ClN4O3. The number of halogens is 1. The van der Waals surface area contributed by atoms with Gasteiger partial charge < -0.3 is 14.8 Å². The highest BCUT2D eigenvalue weighted by Gasteiger charge is 2.18. The van der Waals surface area contributed by atoms with Crippen molar-refractivity contribution in [2.24, 2.45) is 0 Å². The molecule has 0 aliphatic heterocycles. The van der Waals surface area contributed by atoms with Crippen LogP contribution in [0.25, 0.3) is 22.2 Å². The summed E-state index contributed by atoms with van der Waals surface area (Å²) in [6, 6.07) is 12.5. The molecule has 0 aliphatic rings. The van der Waals surface area contributed by atoms with E-state index < -0.39 is 0 Å². The van der Waals surface area contributed by atoms with Crippen LogP contribution in [0.15, 0.2) is 48.7 Å². The van der Waals surface area contributed by atoms with E-state index in [1.807, 2.05) is 36.7 Å². The van der Waals surface area contributed by atoms with Crippen molar-refractivity contribution in [3.05, 3.63) is 70.5 Å². The summed E-state index contributed by atoms with van der Waals surface area (Å²) in [6.45, 7) is 5.17. The fraction of sp³-hybridized carbons (Fsp3) is 0.240. The maximum absolute atomic E-state index is 13.3. The van der Waals surface area contributed by atoms with Gasteiger partial charge in [-0.2, -0.15) is 5.10 Å². The summed E-state index contributed by atoms with van der Waals surface area (Å²) >= 11 is 6.24. The molecular weight excluding hydrogens is 440 g/mol. The number of methoxy groups -OCH3 is 2. The Balaban J connectivity index is 1.77. The van der Waals surface area contributed by atoms with Crippen molar-refractivity contribution in [2.45, 2.75) is 26.9 Å². The number of nitrogens with one attached hydrogen (secondary N) is 1. The van der Waals surface area contributed by atoms with Crippen molar-refractivity contribution in [1.29, 1.82) is 0 Å². The first-order valence-electron chi connectivity index (χ1n) is 10.6. The van der Waals surface area contributed by atoms with Crippen molar-refractivity contribution < 1.29 is 14.3 Å². The van der Waals surface area contributed by atoms with Crippen LogP contribution in [0, 0.1) is 6.92 Å². The number of aromatic nitrogens is 3. The molecule has 4 aromatic rings. The molecule has 0 bridgehead atoms. The van der Waals surface area contributed by atoms with Gasteiger partial charge in [0, 0.05) is 40.3 Å². The lowest BCUT2D eigenvalue weighted by molar-refractivity contribution is 0.0952. The lowest BCUT2D eigenvalue weighted by Gasteiger charge is -2.14. The molecule has 0 saturated carbocycles. The van der Waals surface area contributed by atoms with Crippen LogP contribution in [0.2, 0.25) is 5.02 Å². The molecule has 2 aromatic heterocycles. The Morgan fingerprint density at radius 3 is 2.64 bits per heavy atom. The number of hydrogen-bond donors (Lipinski definition) is 1.